The van der Waals surface area contributed by atoms with Crippen LogP contribution in [0.2, 0.25) is 10.0 Å². The predicted octanol–water partition coefficient (Wildman–Crippen LogP) is 5.92. The molecule has 1 aliphatic rings. The molecule has 1 aromatic heterocycles. The Morgan fingerprint density at radius 2 is 1.88 bits per heavy atom. The van der Waals surface area contributed by atoms with E-state index in [0.29, 0.717) is 40.7 Å². The first-order chi connectivity index (χ1) is 16.5. The van der Waals surface area contributed by atoms with Crippen LogP contribution in [0, 0.1) is 0 Å². The smallest absolute Gasteiger partial charge is 0.257 e. The van der Waals surface area contributed by atoms with Crippen molar-refractivity contribution in [3.8, 4) is 11.3 Å². The van der Waals surface area contributed by atoms with Crippen LogP contribution in [0.5, 0.6) is 0 Å². The minimum Gasteiger partial charge on any atom is -0.364 e. The lowest BCUT2D eigenvalue weighted by Gasteiger charge is -2.27. The maximum Gasteiger partial charge on any atom is 0.257 e. The summed E-state index contributed by atoms with van der Waals surface area (Å²) >= 11 is 12.9. The van der Waals surface area contributed by atoms with Gasteiger partial charge in [-0.15, -0.1) is 0 Å². The molecule has 1 saturated heterocycles. The zero-order valence-electron chi connectivity index (χ0n) is 17.8. The highest BCUT2D eigenvalue weighted by Crippen LogP contribution is 2.34. The lowest BCUT2D eigenvalue weighted by atomic mass is 10.0. The summed E-state index contributed by atoms with van der Waals surface area (Å²) in [6.45, 7) is 0.973. The number of hydrogen-bond acceptors (Lipinski definition) is 4. The third-order valence-electron chi connectivity index (χ3n) is 5.51. The molecule has 0 bridgehead atoms. The molecule has 6 nitrogen and oxygen atoms in total. The molecule has 1 fully saturated rings. The molecule has 0 radical (unpaired) electrons. The minimum atomic E-state index is -1.29. The van der Waals surface area contributed by atoms with Crippen molar-refractivity contribution in [1.29, 1.82) is 0 Å². The SMILES string of the molecule is O=C(Nc1ccc(Cl)c(-c2nccc3ccccc23)c1)c1ccc(N2CCOCS2=O)cc1Cl. The molecule has 1 unspecified atom stereocenters. The molecule has 1 amide bonds. The highest BCUT2D eigenvalue weighted by molar-refractivity contribution is 7.86. The lowest BCUT2D eigenvalue weighted by molar-refractivity contribution is 0.102. The minimum absolute atomic E-state index is 0.143. The summed E-state index contributed by atoms with van der Waals surface area (Å²) in [4.78, 5) is 17.5. The fourth-order valence-electron chi connectivity index (χ4n) is 3.85. The van der Waals surface area contributed by atoms with Gasteiger partial charge in [-0.3, -0.25) is 14.1 Å². The summed E-state index contributed by atoms with van der Waals surface area (Å²) < 4.78 is 19.1. The first-order valence-corrected chi connectivity index (χ1v) is 12.5. The molecule has 1 atom stereocenters. The number of aromatic nitrogens is 1. The van der Waals surface area contributed by atoms with E-state index in [-0.39, 0.29) is 16.9 Å². The zero-order chi connectivity index (χ0) is 23.7. The van der Waals surface area contributed by atoms with E-state index in [4.69, 9.17) is 27.9 Å². The highest BCUT2D eigenvalue weighted by Gasteiger charge is 2.21. The Morgan fingerprint density at radius 1 is 1.03 bits per heavy atom. The van der Waals surface area contributed by atoms with E-state index in [1.807, 2.05) is 30.3 Å². The normalized spacial score (nSPS) is 15.9. The quantitative estimate of drug-likeness (QED) is 0.369. The Kier molecular flexibility index (Phi) is 6.52. The summed E-state index contributed by atoms with van der Waals surface area (Å²) in [7, 11) is -1.29. The second kappa shape index (κ2) is 9.72. The van der Waals surface area contributed by atoms with Gasteiger partial charge in [0, 0.05) is 22.8 Å². The fourth-order valence-corrected chi connectivity index (χ4v) is 5.33. The fraction of sp³-hybridized carbons (Fsp3) is 0.120. The lowest BCUT2D eigenvalue weighted by Crippen LogP contribution is -2.36. The van der Waals surface area contributed by atoms with Gasteiger partial charge in [0.1, 0.15) is 16.9 Å². The van der Waals surface area contributed by atoms with Gasteiger partial charge in [0.05, 0.1) is 40.1 Å². The Bertz CT molecular complexity index is 1420. The van der Waals surface area contributed by atoms with Crippen LogP contribution in [0.25, 0.3) is 22.0 Å². The van der Waals surface area contributed by atoms with Gasteiger partial charge in [0.15, 0.2) is 0 Å². The maximum atomic E-state index is 13.0. The number of anilines is 2. The Labute approximate surface area is 209 Å². The van der Waals surface area contributed by atoms with Gasteiger partial charge >= 0.3 is 0 Å². The zero-order valence-corrected chi connectivity index (χ0v) is 20.2. The van der Waals surface area contributed by atoms with E-state index in [1.165, 1.54) is 0 Å². The first-order valence-electron chi connectivity index (χ1n) is 10.5. The van der Waals surface area contributed by atoms with Gasteiger partial charge in [0.25, 0.3) is 5.91 Å². The van der Waals surface area contributed by atoms with Crippen molar-refractivity contribution in [2.45, 2.75) is 0 Å². The predicted molar refractivity (Wildman–Crippen MR) is 138 cm³/mol. The Morgan fingerprint density at radius 3 is 2.71 bits per heavy atom. The number of ether oxygens (including phenoxy) is 1. The monoisotopic (exact) mass is 511 g/mol. The molecule has 0 spiro atoms. The molecule has 34 heavy (non-hydrogen) atoms. The van der Waals surface area contributed by atoms with Crippen molar-refractivity contribution in [2.75, 3.05) is 28.7 Å². The molecular formula is C25H19Cl2N3O3S. The number of carbonyl (C=O) groups is 1. The summed E-state index contributed by atoms with van der Waals surface area (Å²) in [5, 5.41) is 5.70. The van der Waals surface area contributed by atoms with E-state index in [1.54, 1.807) is 46.9 Å². The average Bonchev–Trinajstić information content (AvgIpc) is 2.85. The number of hydrogen-bond donors (Lipinski definition) is 1. The molecule has 2 heterocycles. The summed E-state index contributed by atoms with van der Waals surface area (Å²) in [5.41, 5.74) is 3.00. The van der Waals surface area contributed by atoms with Crippen molar-refractivity contribution in [3.05, 3.63) is 88.5 Å². The van der Waals surface area contributed by atoms with Gasteiger partial charge in [-0.05, 0) is 47.9 Å². The summed E-state index contributed by atoms with van der Waals surface area (Å²) in [6.07, 6.45) is 1.74. The van der Waals surface area contributed by atoms with Gasteiger partial charge in [-0.25, -0.2) is 4.21 Å². The van der Waals surface area contributed by atoms with Crippen LogP contribution in [0.1, 0.15) is 10.4 Å². The number of pyridine rings is 1. The molecular weight excluding hydrogens is 493 g/mol. The van der Waals surface area contributed by atoms with Crippen LogP contribution in [0.4, 0.5) is 11.4 Å². The van der Waals surface area contributed by atoms with Crippen molar-refractivity contribution < 1.29 is 13.7 Å². The maximum absolute atomic E-state index is 13.0. The molecule has 172 valence electrons. The van der Waals surface area contributed by atoms with Gasteiger partial charge < -0.3 is 10.1 Å². The molecule has 1 aliphatic heterocycles. The van der Waals surface area contributed by atoms with Gasteiger partial charge in [0.2, 0.25) is 0 Å². The molecule has 3 aromatic carbocycles. The van der Waals surface area contributed by atoms with Crippen LogP contribution in [-0.4, -0.2) is 34.2 Å². The van der Waals surface area contributed by atoms with Crippen molar-refractivity contribution in [2.24, 2.45) is 0 Å². The molecule has 1 N–H and O–H groups in total. The molecule has 0 saturated carbocycles. The third-order valence-corrected chi connectivity index (χ3v) is 7.40. The van der Waals surface area contributed by atoms with Gasteiger partial charge in [-0.1, -0.05) is 47.5 Å². The van der Waals surface area contributed by atoms with E-state index < -0.39 is 11.0 Å². The van der Waals surface area contributed by atoms with Crippen LogP contribution < -0.4 is 9.62 Å². The second-order valence-corrected chi connectivity index (χ2v) is 9.78. The Balaban J connectivity index is 1.42. The molecule has 9 heteroatoms. The van der Waals surface area contributed by atoms with E-state index in [9.17, 15) is 9.00 Å². The number of carbonyl (C=O) groups excluding carboxylic acids is 1. The average molecular weight is 512 g/mol. The number of fused-ring (bicyclic) bond motifs is 1. The van der Waals surface area contributed by atoms with E-state index >= 15 is 0 Å². The topological polar surface area (TPSA) is 71.5 Å². The van der Waals surface area contributed by atoms with Crippen LogP contribution >= 0.6 is 23.2 Å². The van der Waals surface area contributed by atoms with Crippen molar-refractivity contribution in [1.82, 2.24) is 4.98 Å². The Hall–Kier alpha value is -2.97. The number of rotatable bonds is 4. The van der Waals surface area contributed by atoms with Crippen LogP contribution in [0.15, 0.2) is 72.9 Å². The number of nitrogens with zero attached hydrogens (tertiary/aromatic N) is 2. The van der Waals surface area contributed by atoms with Crippen molar-refractivity contribution in [3.63, 3.8) is 0 Å². The number of benzene rings is 3. The molecule has 5 rings (SSSR count). The molecule has 4 aromatic rings. The second-order valence-electron chi connectivity index (χ2n) is 7.64. The standard InChI is InChI=1S/C25H19Cl2N3O3S/c26-22-8-5-17(13-21(22)24-19-4-2-1-3-16(19)9-10-28-24)29-25(31)20-7-6-18(14-23(20)27)30-11-12-33-15-34(30)32/h1-10,13-14H,11-12,15H2,(H,29,31). The summed E-state index contributed by atoms with van der Waals surface area (Å²) in [6, 6.07) is 20.1. The van der Waals surface area contributed by atoms with E-state index in [2.05, 4.69) is 10.3 Å². The highest BCUT2D eigenvalue weighted by atomic mass is 35.5. The number of amides is 1. The number of halogens is 2. The molecule has 0 aliphatic carbocycles. The van der Waals surface area contributed by atoms with Crippen LogP contribution in [0.3, 0.4) is 0 Å². The van der Waals surface area contributed by atoms with E-state index in [0.717, 1.165) is 16.5 Å². The van der Waals surface area contributed by atoms with Crippen molar-refractivity contribution >= 4 is 62.2 Å². The van der Waals surface area contributed by atoms with Crippen LogP contribution in [-0.2, 0) is 15.7 Å². The van der Waals surface area contributed by atoms with Gasteiger partial charge in [-0.2, -0.15) is 0 Å². The largest absolute Gasteiger partial charge is 0.364 e. The summed E-state index contributed by atoms with van der Waals surface area (Å²) in [5.74, 6) is -0.219. The first kappa shape index (κ1) is 22.8. The third kappa shape index (κ3) is 4.52. The number of nitrogens with one attached hydrogen (secondary N) is 1.